The molecule has 0 atom stereocenters. The molecule has 5 nitrogen and oxygen atoms in total. The van der Waals surface area contributed by atoms with Crippen molar-refractivity contribution in [3.05, 3.63) is 194 Å². The van der Waals surface area contributed by atoms with Gasteiger partial charge in [-0.05, 0) is 82.6 Å². The Balaban J connectivity index is 1.01. The lowest BCUT2D eigenvalue weighted by Gasteiger charge is -2.11. The predicted octanol–water partition coefficient (Wildman–Crippen LogP) is 14.8. The number of hydrogen-bond donors (Lipinski definition) is 0. The largest absolute Gasteiger partial charge is 0.452 e. The van der Waals surface area contributed by atoms with E-state index in [-0.39, 0.29) is 0 Å². The number of benzene rings is 9. The number of hydrogen-bond acceptors (Lipinski definition) is 3. The second-order valence-corrected chi connectivity index (χ2v) is 16.1. The smallest absolute Gasteiger partial charge is 0.180 e. The van der Waals surface area contributed by atoms with Crippen molar-refractivity contribution in [2.45, 2.75) is 0 Å². The topological polar surface area (TPSA) is 48.3 Å². The molecule has 0 unspecified atom stereocenters. The van der Waals surface area contributed by atoms with Crippen LogP contribution in [-0.2, 0) is 0 Å². The molecule has 5 heteroatoms. The number of fused-ring (bicyclic) bond motifs is 15. The first kappa shape index (κ1) is 32.7. The molecule has 0 aliphatic carbocycles. The molecule has 0 aliphatic heterocycles. The maximum atomic E-state index is 6.49. The molecule has 0 saturated carbocycles. The Kier molecular flexibility index (Phi) is 6.49. The van der Waals surface area contributed by atoms with Gasteiger partial charge in [-0.3, -0.25) is 0 Å². The summed E-state index contributed by atoms with van der Waals surface area (Å²) in [5.74, 6) is 0.653. The monoisotopic (exact) mass is 776 g/mol. The van der Waals surface area contributed by atoms with Crippen LogP contribution in [0.15, 0.2) is 199 Å². The van der Waals surface area contributed by atoms with E-state index in [9.17, 15) is 0 Å². The summed E-state index contributed by atoms with van der Waals surface area (Å²) in [4.78, 5) is 10.5. The van der Waals surface area contributed by atoms with Gasteiger partial charge in [-0.15, -0.1) is 0 Å². The summed E-state index contributed by atoms with van der Waals surface area (Å²) >= 11 is 0. The van der Waals surface area contributed by atoms with Crippen LogP contribution in [0.5, 0.6) is 0 Å². The molecule has 282 valence electrons. The van der Waals surface area contributed by atoms with E-state index in [0.717, 1.165) is 44.6 Å². The molecule has 9 aromatic carbocycles. The van der Waals surface area contributed by atoms with Gasteiger partial charge in [0.25, 0.3) is 0 Å². The zero-order valence-corrected chi connectivity index (χ0v) is 32.7. The number of furan rings is 1. The average Bonchev–Trinajstić information content (AvgIpc) is 4.07. The minimum Gasteiger partial charge on any atom is -0.452 e. The summed E-state index contributed by atoms with van der Waals surface area (Å²) in [5, 5.41) is 11.0. The molecular formula is C56H32N4O. The van der Waals surface area contributed by atoms with Crippen LogP contribution >= 0.6 is 0 Å². The summed E-state index contributed by atoms with van der Waals surface area (Å²) in [6.45, 7) is 0. The number of para-hydroxylation sites is 3. The van der Waals surface area contributed by atoms with Crippen LogP contribution in [0.1, 0.15) is 0 Å². The maximum Gasteiger partial charge on any atom is 0.180 e. The molecule has 61 heavy (non-hydrogen) atoms. The van der Waals surface area contributed by atoms with Crippen molar-refractivity contribution in [1.82, 2.24) is 18.9 Å². The first-order valence-corrected chi connectivity index (χ1v) is 20.7. The van der Waals surface area contributed by atoms with E-state index < -0.39 is 0 Å². The van der Waals surface area contributed by atoms with Gasteiger partial charge in [-0.25, -0.2) is 9.97 Å². The highest BCUT2D eigenvalue weighted by Gasteiger charge is 2.25. The Labute approximate surface area is 348 Å². The number of aromatic nitrogens is 4. The van der Waals surface area contributed by atoms with Crippen molar-refractivity contribution < 1.29 is 4.42 Å². The molecule has 5 heterocycles. The van der Waals surface area contributed by atoms with Crippen molar-refractivity contribution in [3.8, 4) is 39.5 Å². The Hall–Kier alpha value is -8.28. The van der Waals surface area contributed by atoms with Gasteiger partial charge in [-0.2, -0.15) is 0 Å². The number of rotatable bonds is 4. The van der Waals surface area contributed by atoms with Gasteiger partial charge in [0, 0.05) is 54.5 Å². The predicted molar refractivity (Wildman–Crippen MR) is 252 cm³/mol. The Morgan fingerprint density at radius 2 is 1.03 bits per heavy atom. The Morgan fingerprint density at radius 1 is 0.393 bits per heavy atom. The molecule has 0 saturated heterocycles. The van der Waals surface area contributed by atoms with E-state index in [1.807, 2.05) is 24.3 Å². The van der Waals surface area contributed by atoms with Gasteiger partial charge < -0.3 is 13.4 Å². The first-order chi connectivity index (χ1) is 30.3. The zero-order chi connectivity index (χ0) is 39.8. The maximum absolute atomic E-state index is 6.49. The molecule has 0 bridgehead atoms. The van der Waals surface area contributed by atoms with Crippen LogP contribution < -0.4 is 0 Å². The van der Waals surface area contributed by atoms with Crippen molar-refractivity contribution in [1.29, 1.82) is 0 Å². The van der Waals surface area contributed by atoms with E-state index in [0.29, 0.717) is 11.4 Å². The molecule has 0 aliphatic rings. The highest BCUT2D eigenvalue weighted by atomic mass is 16.3. The Morgan fingerprint density at radius 3 is 1.85 bits per heavy atom. The third kappa shape index (κ3) is 4.49. The molecular weight excluding hydrogens is 745 g/mol. The second-order valence-electron chi connectivity index (χ2n) is 16.1. The van der Waals surface area contributed by atoms with Crippen molar-refractivity contribution in [3.63, 3.8) is 0 Å². The van der Waals surface area contributed by atoms with Crippen molar-refractivity contribution >= 4 is 92.7 Å². The molecule has 14 aromatic rings. The van der Waals surface area contributed by atoms with Gasteiger partial charge in [0.15, 0.2) is 11.4 Å². The lowest BCUT2D eigenvalue weighted by Crippen LogP contribution is -1.97. The molecule has 5 aromatic heterocycles. The van der Waals surface area contributed by atoms with Crippen molar-refractivity contribution in [2.24, 2.45) is 0 Å². The van der Waals surface area contributed by atoms with Gasteiger partial charge in [-0.1, -0.05) is 133 Å². The molecule has 0 radical (unpaired) electrons. The molecule has 14 rings (SSSR count). The number of nitrogens with zero attached hydrogens (tertiary/aromatic N) is 4. The standard InChI is InChI=1S/C56H32N4O/c1-2-12-33(13-3-1)34-22-24-36(25-23-34)51-55-52(42-18-8-11-21-48(42)61-55)58-56(57-51)37-26-29-38(30-27-37)59-47-31-28-35-14-4-5-15-39(35)49(47)44-32-43-40-16-6-9-19-45(40)60-46-20-10-7-17-41(46)50(53(43)60)54(44)59/h1-32H. The summed E-state index contributed by atoms with van der Waals surface area (Å²) in [6, 6.07) is 69.4. The summed E-state index contributed by atoms with van der Waals surface area (Å²) in [6.07, 6.45) is 0. The molecule has 0 spiro atoms. The minimum absolute atomic E-state index is 0.653. The summed E-state index contributed by atoms with van der Waals surface area (Å²) < 4.78 is 11.4. The lowest BCUT2D eigenvalue weighted by molar-refractivity contribution is 0.667. The van der Waals surface area contributed by atoms with E-state index >= 15 is 0 Å². The highest BCUT2D eigenvalue weighted by molar-refractivity contribution is 6.36. The van der Waals surface area contributed by atoms with Crippen molar-refractivity contribution in [2.75, 3.05) is 0 Å². The van der Waals surface area contributed by atoms with E-state index in [2.05, 4.69) is 179 Å². The van der Waals surface area contributed by atoms with Gasteiger partial charge in [0.1, 0.15) is 16.8 Å². The van der Waals surface area contributed by atoms with Crippen LogP contribution in [0, 0.1) is 0 Å². The minimum atomic E-state index is 0.653. The van der Waals surface area contributed by atoms with Gasteiger partial charge >= 0.3 is 0 Å². The fraction of sp³-hybridized carbons (Fsp3) is 0. The summed E-state index contributed by atoms with van der Waals surface area (Å²) in [5.41, 5.74) is 14.5. The third-order valence-electron chi connectivity index (χ3n) is 12.9. The average molecular weight is 777 g/mol. The first-order valence-electron chi connectivity index (χ1n) is 20.7. The SMILES string of the molecule is c1ccc(-c2ccc(-c3nc(-c4ccc(-n5c6ccc7ccccc7c6c6cc7c8ccccc8n8c9ccccc9c(c65)c78)cc4)nc4c3oc3ccccc34)cc2)cc1. The molecule has 0 N–H and O–H groups in total. The van der Waals surface area contributed by atoms with Gasteiger partial charge in [0.05, 0.1) is 27.6 Å². The van der Waals surface area contributed by atoms with E-state index in [1.54, 1.807) is 0 Å². The fourth-order valence-electron chi connectivity index (χ4n) is 10.2. The van der Waals surface area contributed by atoms with Crippen LogP contribution in [0.25, 0.3) is 132 Å². The highest BCUT2D eigenvalue weighted by Crippen LogP contribution is 2.48. The Bertz CT molecular complexity index is 4080. The summed E-state index contributed by atoms with van der Waals surface area (Å²) in [7, 11) is 0. The fourth-order valence-corrected chi connectivity index (χ4v) is 10.2. The van der Waals surface area contributed by atoms with Gasteiger partial charge in [0.2, 0.25) is 0 Å². The third-order valence-corrected chi connectivity index (χ3v) is 12.9. The zero-order valence-electron chi connectivity index (χ0n) is 32.7. The van der Waals surface area contributed by atoms with Crippen LogP contribution in [0.3, 0.4) is 0 Å². The lowest BCUT2D eigenvalue weighted by atomic mass is 10.0. The van der Waals surface area contributed by atoms with Crippen LogP contribution in [0.2, 0.25) is 0 Å². The second kappa shape index (κ2) is 12.1. The van der Waals surface area contributed by atoms with E-state index in [4.69, 9.17) is 14.4 Å². The van der Waals surface area contributed by atoms with Crippen LogP contribution in [-0.4, -0.2) is 18.9 Å². The van der Waals surface area contributed by atoms with E-state index in [1.165, 1.54) is 76.2 Å². The quantitative estimate of drug-likeness (QED) is 0.179. The normalized spacial score (nSPS) is 12.3. The molecule has 0 amide bonds. The van der Waals surface area contributed by atoms with Crippen LogP contribution in [0.4, 0.5) is 0 Å². The molecule has 0 fully saturated rings.